The summed E-state index contributed by atoms with van der Waals surface area (Å²) in [5.41, 5.74) is 0.731. The number of hydrogen-bond donors (Lipinski definition) is 1. The second-order valence-electron chi connectivity index (χ2n) is 6.76. The number of carbonyl (C=O) groups is 1. The first-order chi connectivity index (χ1) is 12.9. The van der Waals surface area contributed by atoms with Crippen LogP contribution < -0.4 is 5.32 Å². The normalized spacial score (nSPS) is 22.6. The average Bonchev–Trinajstić information content (AvgIpc) is 3.07. The highest BCUT2D eigenvalue weighted by atomic mass is 19.3. The topological polar surface area (TPSA) is 84.1 Å². The van der Waals surface area contributed by atoms with Gasteiger partial charge in [-0.1, -0.05) is 0 Å². The fourth-order valence-corrected chi connectivity index (χ4v) is 3.16. The number of piperidine rings is 1. The SMILES string of the molecule is C=NC(=NCCOC)Nc1cnn(C2CCN(C(=O)C3CC3(F)F)CC2)c1. The van der Waals surface area contributed by atoms with Crippen molar-refractivity contribution in [1.29, 1.82) is 0 Å². The summed E-state index contributed by atoms with van der Waals surface area (Å²) < 4.78 is 32.9. The molecule has 3 rings (SSSR count). The van der Waals surface area contributed by atoms with Crippen LogP contribution in [-0.2, 0) is 9.53 Å². The summed E-state index contributed by atoms with van der Waals surface area (Å²) in [4.78, 5) is 21.7. The number of halogens is 2. The minimum absolute atomic E-state index is 0.120. The summed E-state index contributed by atoms with van der Waals surface area (Å²) in [6, 6.07) is 0.120. The summed E-state index contributed by atoms with van der Waals surface area (Å²) in [7, 11) is 1.60. The molecule has 1 aliphatic heterocycles. The molecule has 1 saturated carbocycles. The van der Waals surface area contributed by atoms with Crippen LogP contribution in [0.1, 0.15) is 25.3 Å². The Hall–Kier alpha value is -2.36. The molecule has 1 amide bonds. The maximum atomic E-state index is 13.1. The summed E-state index contributed by atoms with van der Waals surface area (Å²) in [5.74, 6) is -3.96. The second-order valence-corrected chi connectivity index (χ2v) is 6.76. The number of methoxy groups -OCH3 is 1. The highest BCUT2D eigenvalue weighted by molar-refractivity contribution is 5.96. The van der Waals surface area contributed by atoms with Crippen molar-refractivity contribution in [3.05, 3.63) is 12.4 Å². The molecule has 0 spiro atoms. The predicted molar refractivity (Wildman–Crippen MR) is 97.5 cm³/mol. The molecule has 0 aromatic carbocycles. The summed E-state index contributed by atoms with van der Waals surface area (Å²) in [6.45, 7) is 5.38. The Kier molecular flexibility index (Phi) is 5.83. The van der Waals surface area contributed by atoms with Gasteiger partial charge in [0.1, 0.15) is 5.92 Å². The molecule has 2 aliphatic rings. The Morgan fingerprint density at radius 2 is 2.19 bits per heavy atom. The molecule has 1 N–H and O–H groups in total. The third-order valence-electron chi connectivity index (χ3n) is 4.84. The van der Waals surface area contributed by atoms with Crippen LogP contribution in [0, 0.1) is 5.92 Å². The van der Waals surface area contributed by atoms with Crippen LogP contribution in [-0.4, -0.2) is 72.5 Å². The maximum absolute atomic E-state index is 13.1. The Morgan fingerprint density at radius 1 is 1.48 bits per heavy atom. The van der Waals surface area contributed by atoms with Crippen LogP contribution in [0.4, 0.5) is 14.5 Å². The lowest BCUT2D eigenvalue weighted by Gasteiger charge is -2.32. The minimum Gasteiger partial charge on any atom is -0.383 e. The van der Waals surface area contributed by atoms with Crippen LogP contribution in [0.3, 0.4) is 0 Å². The highest BCUT2D eigenvalue weighted by Gasteiger charge is 2.62. The number of anilines is 1. The van der Waals surface area contributed by atoms with Crippen molar-refractivity contribution < 1.29 is 18.3 Å². The molecule has 10 heteroatoms. The maximum Gasteiger partial charge on any atom is 0.260 e. The van der Waals surface area contributed by atoms with Crippen LogP contribution in [0.5, 0.6) is 0 Å². The van der Waals surface area contributed by atoms with Crippen LogP contribution in [0.25, 0.3) is 0 Å². The van der Waals surface area contributed by atoms with Gasteiger partial charge in [-0.2, -0.15) is 5.10 Å². The van der Waals surface area contributed by atoms with Gasteiger partial charge < -0.3 is 15.0 Å². The lowest BCUT2D eigenvalue weighted by atomic mass is 10.0. The molecular formula is C17H24F2N6O2. The van der Waals surface area contributed by atoms with Gasteiger partial charge in [0.15, 0.2) is 0 Å². The van der Waals surface area contributed by atoms with Gasteiger partial charge >= 0.3 is 0 Å². The van der Waals surface area contributed by atoms with Crippen molar-refractivity contribution >= 4 is 24.3 Å². The molecule has 1 atom stereocenters. The first kappa shape index (κ1) is 19.4. The van der Waals surface area contributed by atoms with E-state index in [1.807, 2.05) is 10.9 Å². The van der Waals surface area contributed by atoms with Crippen molar-refractivity contribution in [1.82, 2.24) is 14.7 Å². The zero-order chi connectivity index (χ0) is 19.4. The number of likely N-dealkylation sites (tertiary alicyclic amines) is 1. The smallest absolute Gasteiger partial charge is 0.260 e. The van der Waals surface area contributed by atoms with E-state index in [-0.39, 0.29) is 12.5 Å². The Balaban J connectivity index is 1.51. The zero-order valence-electron chi connectivity index (χ0n) is 15.3. The van der Waals surface area contributed by atoms with Gasteiger partial charge in [-0.05, 0) is 19.6 Å². The van der Waals surface area contributed by atoms with Gasteiger partial charge in [-0.15, -0.1) is 0 Å². The first-order valence-electron chi connectivity index (χ1n) is 8.92. The van der Waals surface area contributed by atoms with Gasteiger partial charge in [0.05, 0.1) is 31.1 Å². The molecule has 27 heavy (non-hydrogen) atoms. The van der Waals surface area contributed by atoms with E-state index in [1.165, 1.54) is 0 Å². The monoisotopic (exact) mass is 382 g/mol. The Bertz CT molecular complexity index is 712. The van der Waals surface area contributed by atoms with E-state index in [4.69, 9.17) is 4.74 Å². The number of nitrogens with zero attached hydrogens (tertiary/aromatic N) is 5. The molecule has 8 nitrogen and oxygen atoms in total. The van der Waals surface area contributed by atoms with E-state index in [2.05, 4.69) is 27.1 Å². The number of guanidine groups is 1. The van der Waals surface area contributed by atoms with Crippen molar-refractivity contribution in [3.63, 3.8) is 0 Å². The van der Waals surface area contributed by atoms with E-state index < -0.39 is 17.7 Å². The van der Waals surface area contributed by atoms with Crippen LogP contribution in [0.2, 0.25) is 0 Å². The molecular weight excluding hydrogens is 358 g/mol. The van der Waals surface area contributed by atoms with Crippen LogP contribution >= 0.6 is 0 Å². The lowest BCUT2D eigenvalue weighted by Crippen LogP contribution is -2.40. The summed E-state index contributed by atoms with van der Waals surface area (Å²) >= 11 is 0. The molecule has 148 valence electrons. The number of carbonyl (C=O) groups excluding carboxylic acids is 1. The summed E-state index contributed by atoms with van der Waals surface area (Å²) in [6.07, 6.45) is 4.55. The highest BCUT2D eigenvalue weighted by Crippen LogP contribution is 2.49. The molecule has 1 unspecified atom stereocenters. The van der Waals surface area contributed by atoms with Crippen LogP contribution in [0.15, 0.2) is 22.4 Å². The number of aliphatic imine (C=N–C) groups is 2. The third kappa shape index (κ3) is 4.68. The standard InChI is InChI=1S/C17H24F2N6O2/c1-20-16(21-5-8-27-2)23-12-10-22-25(11-12)13-3-6-24(7-4-13)15(26)14-9-17(14,18)19/h10-11,13-14H,1,3-9H2,2H3,(H,21,23). The van der Waals surface area contributed by atoms with E-state index in [1.54, 1.807) is 18.2 Å². The molecule has 1 saturated heterocycles. The zero-order valence-corrected chi connectivity index (χ0v) is 15.3. The summed E-state index contributed by atoms with van der Waals surface area (Å²) in [5, 5.41) is 7.39. The Labute approximate surface area is 156 Å². The molecule has 2 heterocycles. The number of rotatable bonds is 6. The third-order valence-corrected chi connectivity index (χ3v) is 4.84. The van der Waals surface area contributed by atoms with Crippen molar-refractivity contribution in [2.24, 2.45) is 15.9 Å². The molecule has 1 aromatic rings. The van der Waals surface area contributed by atoms with Crippen molar-refractivity contribution in [3.8, 4) is 0 Å². The molecule has 0 bridgehead atoms. The van der Waals surface area contributed by atoms with Gasteiger partial charge in [0.25, 0.3) is 5.92 Å². The first-order valence-corrected chi connectivity index (χ1v) is 8.92. The number of amides is 1. The molecule has 1 aromatic heterocycles. The number of nitrogens with one attached hydrogen (secondary N) is 1. The lowest BCUT2D eigenvalue weighted by molar-refractivity contribution is -0.136. The van der Waals surface area contributed by atoms with Gasteiger partial charge in [-0.3, -0.25) is 9.48 Å². The minimum atomic E-state index is -2.81. The fraction of sp³-hybridized carbons (Fsp3) is 0.647. The predicted octanol–water partition coefficient (Wildman–Crippen LogP) is 1.82. The van der Waals surface area contributed by atoms with E-state index >= 15 is 0 Å². The number of hydrogen-bond acceptors (Lipinski definition) is 4. The van der Waals surface area contributed by atoms with E-state index in [9.17, 15) is 13.6 Å². The number of aromatic nitrogens is 2. The van der Waals surface area contributed by atoms with Gasteiger partial charge in [-0.25, -0.2) is 18.8 Å². The van der Waals surface area contributed by atoms with Crippen molar-refractivity contribution in [2.45, 2.75) is 31.2 Å². The van der Waals surface area contributed by atoms with Gasteiger partial charge in [0.2, 0.25) is 11.9 Å². The molecule has 2 fully saturated rings. The second kappa shape index (κ2) is 8.12. The average molecular weight is 382 g/mol. The Morgan fingerprint density at radius 3 is 2.78 bits per heavy atom. The van der Waals surface area contributed by atoms with E-state index in [0.29, 0.717) is 45.0 Å². The van der Waals surface area contributed by atoms with Gasteiger partial charge in [0, 0.05) is 32.8 Å². The fourth-order valence-electron chi connectivity index (χ4n) is 3.16. The van der Waals surface area contributed by atoms with E-state index in [0.717, 1.165) is 5.69 Å². The quantitative estimate of drug-likeness (QED) is 0.462. The molecule has 0 radical (unpaired) electrons. The van der Waals surface area contributed by atoms with Crippen molar-refractivity contribution in [2.75, 3.05) is 38.7 Å². The molecule has 1 aliphatic carbocycles. The largest absolute Gasteiger partial charge is 0.383 e. The number of alkyl halides is 2. The number of ether oxygens (including phenoxy) is 1.